The number of benzene rings is 1. The Labute approximate surface area is 147 Å². The first kappa shape index (κ1) is 17.1. The molecule has 0 aliphatic carbocycles. The monoisotopic (exact) mass is 337 g/mol. The van der Waals surface area contributed by atoms with E-state index in [1.54, 1.807) is 6.92 Å². The van der Waals surface area contributed by atoms with Gasteiger partial charge in [-0.2, -0.15) is 4.98 Å². The van der Waals surface area contributed by atoms with Crippen LogP contribution >= 0.6 is 0 Å². The van der Waals surface area contributed by atoms with Crippen molar-refractivity contribution in [1.82, 2.24) is 15.0 Å². The van der Waals surface area contributed by atoms with E-state index < -0.39 is 6.10 Å². The molecule has 0 fully saturated rings. The summed E-state index contributed by atoms with van der Waals surface area (Å²) in [4.78, 5) is 15.6. The predicted octanol–water partition coefficient (Wildman–Crippen LogP) is 3.06. The highest BCUT2D eigenvalue weighted by atomic mass is 16.3. The standard InChI is InChI=1S/C19H23N5O/c1-12-15(13(2)25)10-9-14(21-12)11-20-18-16-7-5-6-8-17(16)22-19(23-18)24(3)4/h5-10,13,25H,11H2,1-4H3,(H,20,22,23). The summed E-state index contributed by atoms with van der Waals surface area (Å²) in [6, 6.07) is 11.8. The van der Waals surface area contributed by atoms with Crippen LogP contribution in [0.5, 0.6) is 0 Å². The average molecular weight is 337 g/mol. The molecular formula is C19H23N5O. The van der Waals surface area contributed by atoms with Crippen molar-refractivity contribution in [2.45, 2.75) is 26.5 Å². The molecule has 0 aliphatic rings. The van der Waals surface area contributed by atoms with Gasteiger partial charge in [0.05, 0.1) is 23.9 Å². The van der Waals surface area contributed by atoms with Crippen LogP contribution in [-0.4, -0.2) is 34.2 Å². The van der Waals surface area contributed by atoms with Crippen LogP contribution in [0.25, 0.3) is 10.9 Å². The third kappa shape index (κ3) is 3.69. The van der Waals surface area contributed by atoms with Gasteiger partial charge in [0.25, 0.3) is 0 Å². The minimum absolute atomic E-state index is 0.511. The molecule has 0 saturated carbocycles. The number of pyridine rings is 1. The van der Waals surface area contributed by atoms with Crippen LogP contribution in [0.3, 0.4) is 0 Å². The summed E-state index contributed by atoms with van der Waals surface area (Å²) in [5.74, 6) is 1.45. The number of anilines is 2. The summed E-state index contributed by atoms with van der Waals surface area (Å²) in [5.41, 5.74) is 3.50. The number of hydrogen-bond donors (Lipinski definition) is 2. The van der Waals surface area contributed by atoms with Gasteiger partial charge in [0.15, 0.2) is 0 Å². The summed E-state index contributed by atoms with van der Waals surface area (Å²) >= 11 is 0. The Hall–Kier alpha value is -2.73. The van der Waals surface area contributed by atoms with Crippen molar-refractivity contribution in [3.8, 4) is 0 Å². The molecule has 0 aliphatic heterocycles. The number of para-hydroxylation sites is 1. The average Bonchev–Trinajstić information content (AvgIpc) is 2.59. The number of aliphatic hydroxyl groups excluding tert-OH is 1. The lowest BCUT2D eigenvalue weighted by atomic mass is 10.1. The van der Waals surface area contributed by atoms with E-state index in [0.29, 0.717) is 12.5 Å². The molecular weight excluding hydrogens is 314 g/mol. The number of nitrogens with one attached hydrogen (secondary N) is 1. The molecule has 3 rings (SSSR count). The van der Waals surface area contributed by atoms with Crippen molar-refractivity contribution in [3.63, 3.8) is 0 Å². The zero-order valence-electron chi connectivity index (χ0n) is 15.0. The molecule has 0 bridgehead atoms. The summed E-state index contributed by atoms with van der Waals surface area (Å²) in [6.45, 7) is 4.21. The molecule has 3 aromatic rings. The van der Waals surface area contributed by atoms with E-state index >= 15 is 0 Å². The Morgan fingerprint density at radius 1 is 1.08 bits per heavy atom. The van der Waals surface area contributed by atoms with Crippen molar-refractivity contribution in [2.75, 3.05) is 24.3 Å². The van der Waals surface area contributed by atoms with E-state index in [-0.39, 0.29) is 0 Å². The number of fused-ring (bicyclic) bond motifs is 1. The van der Waals surface area contributed by atoms with Crippen molar-refractivity contribution in [1.29, 1.82) is 0 Å². The molecule has 1 aromatic carbocycles. The molecule has 130 valence electrons. The quantitative estimate of drug-likeness (QED) is 0.745. The molecule has 6 heteroatoms. The molecule has 2 heterocycles. The zero-order chi connectivity index (χ0) is 18.0. The Morgan fingerprint density at radius 2 is 1.84 bits per heavy atom. The smallest absolute Gasteiger partial charge is 0.227 e. The van der Waals surface area contributed by atoms with E-state index in [2.05, 4.69) is 20.3 Å². The van der Waals surface area contributed by atoms with Crippen molar-refractivity contribution >= 4 is 22.7 Å². The second kappa shape index (κ2) is 7.03. The van der Waals surface area contributed by atoms with E-state index in [1.165, 1.54) is 0 Å². The van der Waals surface area contributed by atoms with Crippen LogP contribution in [-0.2, 0) is 6.54 Å². The molecule has 25 heavy (non-hydrogen) atoms. The fraction of sp³-hybridized carbons (Fsp3) is 0.316. The highest BCUT2D eigenvalue weighted by Crippen LogP contribution is 2.23. The van der Waals surface area contributed by atoms with Gasteiger partial charge in [0, 0.05) is 30.7 Å². The first-order valence-electron chi connectivity index (χ1n) is 8.28. The first-order chi connectivity index (χ1) is 12.0. The number of hydrogen-bond acceptors (Lipinski definition) is 6. The van der Waals surface area contributed by atoms with E-state index in [0.717, 1.165) is 33.7 Å². The second-order valence-electron chi connectivity index (χ2n) is 6.29. The Kier molecular flexibility index (Phi) is 4.81. The van der Waals surface area contributed by atoms with Crippen LogP contribution in [0.1, 0.15) is 30.0 Å². The Balaban J connectivity index is 1.89. The van der Waals surface area contributed by atoms with Gasteiger partial charge in [-0.1, -0.05) is 18.2 Å². The highest BCUT2D eigenvalue weighted by Gasteiger charge is 2.10. The second-order valence-corrected chi connectivity index (χ2v) is 6.29. The van der Waals surface area contributed by atoms with Crippen LogP contribution < -0.4 is 10.2 Å². The highest BCUT2D eigenvalue weighted by molar-refractivity contribution is 5.90. The lowest BCUT2D eigenvalue weighted by Crippen LogP contribution is -2.14. The predicted molar refractivity (Wildman–Crippen MR) is 101 cm³/mol. The maximum Gasteiger partial charge on any atom is 0.227 e. The van der Waals surface area contributed by atoms with Gasteiger partial charge in [-0.15, -0.1) is 0 Å². The van der Waals surface area contributed by atoms with E-state index in [4.69, 9.17) is 0 Å². The summed E-state index contributed by atoms with van der Waals surface area (Å²) < 4.78 is 0. The van der Waals surface area contributed by atoms with Crippen LogP contribution in [0.4, 0.5) is 11.8 Å². The molecule has 0 radical (unpaired) electrons. The first-order valence-corrected chi connectivity index (χ1v) is 8.28. The molecule has 0 saturated heterocycles. The fourth-order valence-electron chi connectivity index (χ4n) is 2.74. The number of nitrogens with zero attached hydrogens (tertiary/aromatic N) is 4. The van der Waals surface area contributed by atoms with Crippen molar-refractivity contribution in [2.24, 2.45) is 0 Å². The molecule has 2 aromatic heterocycles. The van der Waals surface area contributed by atoms with Gasteiger partial charge >= 0.3 is 0 Å². The molecule has 1 atom stereocenters. The maximum absolute atomic E-state index is 9.73. The van der Waals surface area contributed by atoms with E-state index in [9.17, 15) is 5.11 Å². The molecule has 2 N–H and O–H groups in total. The van der Waals surface area contributed by atoms with Gasteiger partial charge in [0.1, 0.15) is 5.82 Å². The third-order valence-electron chi connectivity index (χ3n) is 4.06. The van der Waals surface area contributed by atoms with Gasteiger partial charge in [0.2, 0.25) is 5.95 Å². The van der Waals surface area contributed by atoms with Crippen molar-refractivity contribution in [3.05, 3.63) is 53.3 Å². The summed E-state index contributed by atoms with van der Waals surface area (Å²) in [6.07, 6.45) is -0.511. The van der Waals surface area contributed by atoms with E-state index in [1.807, 2.05) is 62.3 Å². The molecule has 1 unspecified atom stereocenters. The minimum atomic E-state index is -0.511. The number of aryl methyl sites for hydroxylation is 1. The van der Waals surface area contributed by atoms with Crippen LogP contribution in [0.2, 0.25) is 0 Å². The minimum Gasteiger partial charge on any atom is -0.389 e. The fourth-order valence-corrected chi connectivity index (χ4v) is 2.74. The maximum atomic E-state index is 9.73. The van der Waals surface area contributed by atoms with Crippen LogP contribution in [0, 0.1) is 6.92 Å². The number of aromatic nitrogens is 3. The third-order valence-corrected chi connectivity index (χ3v) is 4.06. The van der Waals surface area contributed by atoms with Gasteiger partial charge in [-0.3, -0.25) is 4.98 Å². The molecule has 6 nitrogen and oxygen atoms in total. The zero-order valence-corrected chi connectivity index (χ0v) is 15.0. The molecule has 0 spiro atoms. The summed E-state index contributed by atoms with van der Waals surface area (Å²) in [7, 11) is 3.85. The van der Waals surface area contributed by atoms with Crippen molar-refractivity contribution < 1.29 is 5.11 Å². The number of rotatable bonds is 5. The Bertz CT molecular complexity index is 892. The normalized spacial score (nSPS) is 12.2. The molecule has 0 amide bonds. The largest absolute Gasteiger partial charge is 0.389 e. The van der Waals surface area contributed by atoms with Gasteiger partial charge in [-0.05, 0) is 32.0 Å². The van der Waals surface area contributed by atoms with Gasteiger partial charge in [-0.25, -0.2) is 4.98 Å². The SMILES string of the molecule is Cc1nc(CNc2nc(N(C)C)nc3ccccc23)ccc1C(C)O. The lowest BCUT2D eigenvalue weighted by molar-refractivity contribution is 0.198. The van der Waals surface area contributed by atoms with Gasteiger partial charge < -0.3 is 15.3 Å². The number of aliphatic hydroxyl groups is 1. The Morgan fingerprint density at radius 3 is 2.52 bits per heavy atom. The lowest BCUT2D eigenvalue weighted by Gasteiger charge is -2.15. The van der Waals surface area contributed by atoms with Crippen LogP contribution in [0.15, 0.2) is 36.4 Å². The topological polar surface area (TPSA) is 74.2 Å². The summed E-state index contributed by atoms with van der Waals surface area (Å²) in [5, 5.41) is 14.1.